The molecule has 0 amide bonds. The number of hydrogen-bond donors (Lipinski definition) is 0. The molecule has 0 aromatic carbocycles. The minimum absolute atomic E-state index is 0.110. The zero-order valence-electron chi connectivity index (χ0n) is 7.65. The third kappa shape index (κ3) is 6.36. The van der Waals surface area contributed by atoms with Crippen LogP contribution in [0.1, 0.15) is 33.6 Å². The summed E-state index contributed by atoms with van der Waals surface area (Å²) >= 11 is 3.58. The fourth-order valence-corrected chi connectivity index (χ4v) is 0.974. The van der Waals surface area contributed by atoms with Gasteiger partial charge in [-0.3, -0.25) is 0 Å². The van der Waals surface area contributed by atoms with Crippen LogP contribution in [0, 0.1) is 0 Å². The lowest BCUT2D eigenvalue weighted by Gasteiger charge is -2.15. The molecule has 0 heterocycles. The molecule has 0 spiro atoms. The Hall–Kier alpha value is -0.0400. The molecule has 0 aromatic heterocycles. The maximum atomic E-state index is 3.76. The van der Waals surface area contributed by atoms with Crippen LogP contribution in [0.15, 0.2) is 24.3 Å². The summed E-state index contributed by atoms with van der Waals surface area (Å²) < 4.78 is 0.110. The summed E-state index contributed by atoms with van der Waals surface area (Å²) in [6, 6.07) is 0. The third-order valence-corrected chi connectivity index (χ3v) is 2.33. The van der Waals surface area contributed by atoms with Crippen molar-refractivity contribution in [3.8, 4) is 0 Å². The number of allylic oxidation sites excluding steroid dienone is 3. The summed E-state index contributed by atoms with van der Waals surface area (Å²) in [6.45, 7) is 10.1. The van der Waals surface area contributed by atoms with Crippen LogP contribution in [0.5, 0.6) is 0 Å². The molecule has 0 aromatic rings. The molecule has 11 heavy (non-hydrogen) atoms. The maximum absolute atomic E-state index is 3.76. The van der Waals surface area contributed by atoms with Gasteiger partial charge in [-0.25, -0.2) is 0 Å². The smallest absolute Gasteiger partial charge is 0.0408 e. The number of halogens is 1. The van der Waals surface area contributed by atoms with Gasteiger partial charge < -0.3 is 0 Å². The van der Waals surface area contributed by atoms with Crippen molar-refractivity contribution in [1.82, 2.24) is 0 Å². The summed E-state index contributed by atoms with van der Waals surface area (Å²) in [5.41, 5.74) is 1.39. The molecule has 0 aliphatic heterocycles. The lowest BCUT2D eigenvalue weighted by molar-refractivity contribution is 0.722. The Kier molecular flexibility index (Phi) is 4.74. The summed E-state index contributed by atoms with van der Waals surface area (Å²) in [6.07, 6.45) is 6.44. The lowest BCUT2D eigenvalue weighted by Crippen LogP contribution is -2.09. The Morgan fingerprint density at radius 1 is 1.55 bits per heavy atom. The van der Waals surface area contributed by atoms with Crippen LogP contribution >= 0.6 is 15.9 Å². The van der Waals surface area contributed by atoms with Crippen molar-refractivity contribution < 1.29 is 0 Å². The normalized spacial score (nSPS) is 15.3. The van der Waals surface area contributed by atoms with Crippen LogP contribution in [0.2, 0.25) is 0 Å². The van der Waals surface area contributed by atoms with Crippen LogP contribution in [0.3, 0.4) is 0 Å². The molecule has 0 aliphatic carbocycles. The highest BCUT2D eigenvalue weighted by Gasteiger charge is 2.12. The monoisotopic (exact) mass is 216 g/mol. The molecule has 0 radical (unpaired) electrons. The molecule has 0 fully saturated rings. The fraction of sp³-hybridized carbons (Fsp3) is 0.600. The van der Waals surface area contributed by atoms with E-state index in [1.807, 2.05) is 6.08 Å². The van der Waals surface area contributed by atoms with Gasteiger partial charge in [0.25, 0.3) is 0 Å². The van der Waals surface area contributed by atoms with E-state index in [9.17, 15) is 0 Å². The van der Waals surface area contributed by atoms with Crippen LogP contribution in [-0.4, -0.2) is 4.32 Å². The number of rotatable bonds is 4. The second kappa shape index (κ2) is 4.76. The van der Waals surface area contributed by atoms with Gasteiger partial charge in [0.2, 0.25) is 0 Å². The van der Waals surface area contributed by atoms with Gasteiger partial charge in [-0.1, -0.05) is 33.7 Å². The van der Waals surface area contributed by atoms with Crippen molar-refractivity contribution in [1.29, 1.82) is 0 Å². The van der Waals surface area contributed by atoms with Crippen molar-refractivity contribution in [2.75, 3.05) is 0 Å². The van der Waals surface area contributed by atoms with Gasteiger partial charge in [-0.05, 0) is 33.6 Å². The highest BCUT2D eigenvalue weighted by Crippen LogP contribution is 2.24. The first-order valence-corrected chi connectivity index (χ1v) is 4.73. The minimum atomic E-state index is 0.110. The second-order valence-electron chi connectivity index (χ2n) is 3.30. The predicted molar refractivity (Wildman–Crippen MR) is 56.2 cm³/mol. The lowest BCUT2D eigenvalue weighted by atomic mass is 10.0. The first-order chi connectivity index (χ1) is 4.98. The highest BCUT2D eigenvalue weighted by atomic mass is 79.9. The zero-order chi connectivity index (χ0) is 8.91. The average molecular weight is 217 g/mol. The molecule has 64 valence electrons. The minimum Gasteiger partial charge on any atom is -0.102 e. The molecule has 1 heteroatoms. The van der Waals surface area contributed by atoms with Crippen molar-refractivity contribution in [3.63, 3.8) is 0 Å². The second-order valence-corrected chi connectivity index (χ2v) is 5.11. The van der Waals surface area contributed by atoms with E-state index in [1.165, 1.54) is 5.57 Å². The molecule has 0 saturated carbocycles. The van der Waals surface area contributed by atoms with E-state index in [0.717, 1.165) is 12.8 Å². The van der Waals surface area contributed by atoms with E-state index < -0.39 is 0 Å². The van der Waals surface area contributed by atoms with Crippen LogP contribution < -0.4 is 0 Å². The van der Waals surface area contributed by atoms with Gasteiger partial charge >= 0.3 is 0 Å². The quantitative estimate of drug-likeness (QED) is 0.491. The van der Waals surface area contributed by atoms with Gasteiger partial charge in [0.05, 0.1) is 0 Å². The summed E-state index contributed by atoms with van der Waals surface area (Å²) in [5.74, 6) is 0. The predicted octanol–water partition coefficient (Wildman–Crippen LogP) is 4.07. The molecule has 1 atom stereocenters. The Morgan fingerprint density at radius 2 is 2.09 bits per heavy atom. The summed E-state index contributed by atoms with van der Waals surface area (Å²) in [4.78, 5) is 0. The van der Waals surface area contributed by atoms with Crippen molar-refractivity contribution >= 4 is 15.9 Å². The van der Waals surface area contributed by atoms with E-state index in [-0.39, 0.29) is 4.32 Å². The van der Waals surface area contributed by atoms with Crippen LogP contribution in [0.25, 0.3) is 0 Å². The first kappa shape index (κ1) is 11.0. The average Bonchev–Trinajstić information content (AvgIpc) is 1.87. The highest BCUT2D eigenvalue weighted by molar-refractivity contribution is 9.10. The Morgan fingerprint density at radius 3 is 2.45 bits per heavy atom. The Labute approximate surface area is 78.5 Å². The van der Waals surface area contributed by atoms with Gasteiger partial charge in [0, 0.05) is 4.32 Å². The summed E-state index contributed by atoms with van der Waals surface area (Å²) in [5, 5.41) is 0. The third-order valence-electron chi connectivity index (χ3n) is 1.61. The Balaban J connectivity index is 3.71. The molecule has 0 bridgehead atoms. The molecule has 1 unspecified atom stereocenters. The van der Waals surface area contributed by atoms with Crippen molar-refractivity contribution in [3.05, 3.63) is 24.3 Å². The van der Waals surface area contributed by atoms with E-state index in [4.69, 9.17) is 0 Å². The molecule has 0 N–H and O–H groups in total. The van der Waals surface area contributed by atoms with Gasteiger partial charge in [0.1, 0.15) is 0 Å². The van der Waals surface area contributed by atoms with Crippen molar-refractivity contribution in [2.45, 2.75) is 37.9 Å². The number of hydrogen-bond acceptors (Lipinski definition) is 0. The number of alkyl halides is 1. The summed E-state index contributed by atoms with van der Waals surface area (Å²) in [7, 11) is 0. The van der Waals surface area contributed by atoms with Crippen molar-refractivity contribution in [2.24, 2.45) is 0 Å². The molecule has 0 aliphatic rings. The van der Waals surface area contributed by atoms with Gasteiger partial charge in [-0.15, -0.1) is 6.58 Å². The Bertz CT molecular complexity index is 150. The molecular formula is C10H17Br. The molecular weight excluding hydrogens is 200 g/mol. The van der Waals surface area contributed by atoms with E-state index in [1.54, 1.807) is 0 Å². The molecule has 0 saturated heterocycles. The van der Waals surface area contributed by atoms with Crippen LogP contribution in [0.4, 0.5) is 0 Å². The zero-order valence-corrected chi connectivity index (χ0v) is 9.24. The van der Waals surface area contributed by atoms with Gasteiger partial charge in [-0.2, -0.15) is 0 Å². The topological polar surface area (TPSA) is 0 Å². The van der Waals surface area contributed by atoms with Crippen LogP contribution in [-0.2, 0) is 0 Å². The SMILES string of the molecule is C=CC(C)(Br)CCC=C(C)C. The largest absolute Gasteiger partial charge is 0.102 e. The first-order valence-electron chi connectivity index (χ1n) is 3.94. The maximum Gasteiger partial charge on any atom is 0.0408 e. The molecule has 0 rings (SSSR count). The van der Waals surface area contributed by atoms with Gasteiger partial charge in [0.15, 0.2) is 0 Å². The standard InChI is InChI=1S/C10H17Br/c1-5-10(4,11)8-6-7-9(2)3/h5,7H,1,6,8H2,2-4H3. The van der Waals surface area contributed by atoms with E-state index >= 15 is 0 Å². The van der Waals surface area contributed by atoms with E-state index in [2.05, 4.69) is 49.4 Å². The fourth-order valence-electron chi connectivity index (χ4n) is 0.745. The molecule has 0 nitrogen and oxygen atoms in total. The van der Waals surface area contributed by atoms with E-state index in [0.29, 0.717) is 0 Å².